The number of anilines is 2. The number of aromatic carboxylic acids is 1. The molecular formula is C29H29F3N6O5S. The first-order valence-electron chi connectivity index (χ1n) is 13.2. The third-order valence-electron chi connectivity index (χ3n) is 7.12. The van der Waals surface area contributed by atoms with Gasteiger partial charge >= 0.3 is 21.5 Å². The Labute approximate surface area is 251 Å². The third-order valence-corrected chi connectivity index (χ3v) is 8.64. The number of aliphatic hydroxyl groups is 1. The van der Waals surface area contributed by atoms with Gasteiger partial charge in [-0.1, -0.05) is 18.2 Å². The van der Waals surface area contributed by atoms with E-state index in [4.69, 9.17) is 11.0 Å². The van der Waals surface area contributed by atoms with E-state index in [1.54, 1.807) is 10.6 Å². The summed E-state index contributed by atoms with van der Waals surface area (Å²) in [7, 11) is -4.76. The monoisotopic (exact) mass is 630 g/mol. The number of carbonyl (C=O) groups is 1. The van der Waals surface area contributed by atoms with Crippen molar-refractivity contribution in [1.82, 2.24) is 14.9 Å². The number of fused-ring (bicyclic) bond motifs is 1. The van der Waals surface area contributed by atoms with E-state index in [-0.39, 0.29) is 46.2 Å². The molecule has 2 atom stereocenters. The molecule has 2 unspecified atom stereocenters. The van der Waals surface area contributed by atoms with Crippen molar-refractivity contribution in [2.45, 2.75) is 37.5 Å². The lowest BCUT2D eigenvalue weighted by Gasteiger charge is -2.21. The number of sulfonamides is 1. The van der Waals surface area contributed by atoms with Gasteiger partial charge in [0.1, 0.15) is 17.6 Å². The van der Waals surface area contributed by atoms with Crippen LogP contribution in [0.3, 0.4) is 0 Å². The van der Waals surface area contributed by atoms with Crippen molar-refractivity contribution in [3.8, 4) is 6.07 Å². The minimum absolute atomic E-state index is 0.00105. The largest absolute Gasteiger partial charge is 0.516 e. The number of halogens is 3. The smallest absolute Gasteiger partial charge is 0.477 e. The van der Waals surface area contributed by atoms with Gasteiger partial charge in [-0.05, 0) is 60.9 Å². The van der Waals surface area contributed by atoms with Crippen molar-refractivity contribution in [2.75, 3.05) is 23.6 Å². The van der Waals surface area contributed by atoms with Crippen LogP contribution in [0.25, 0.3) is 10.9 Å². The molecule has 44 heavy (non-hydrogen) atoms. The Morgan fingerprint density at radius 2 is 1.82 bits per heavy atom. The summed E-state index contributed by atoms with van der Waals surface area (Å²) in [6, 6.07) is 15.7. The van der Waals surface area contributed by atoms with Crippen LogP contribution in [0.4, 0.5) is 24.7 Å². The molecule has 2 heterocycles. The van der Waals surface area contributed by atoms with E-state index in [1.165, 1.54) is 42.6 Å². The zero-order valence-corrected chi connectivity index (χ0v) is 24.4. The number of hydrogen-bond acceptors (Lipinski definition) is 8. The number of nitrogen functional groups attached to an aromatic ring is 1. The van der Waals surface area contributed by atoms with Crippen molar-refractivity contribution >= 4 is 38.4 Å². The van der Waals surface area contributed by atoms with E-state index in [9.17, 15) is 36.6 Å². The van der Waals surface area contributed by atoms with Crippen LogP contribution in [0.2, 0.25) is 0 Å². The predicted octanol–water partition coefficient (Wildman–Crippen LogP) is 3.78. The number of benzene rings is 2. The molecule has 0 amide bonds. The molecule has 4 rings (SSSR count). The highest BCUT2D eigenvalue weighted by molar-refractivity contribution is 7.93. The Morgan fingerprint density at radius 1 is 1.16 bits per heavy atom. The van der Waals surface area contributed by atoms with Gasteiger partial charge in [0.2, 0.25) is 0 Å². The van der Waals surface area contributed by atoms with Gasteiger partial charge < -0.3 is 25.8 Å². The first-order valence-corrected chi connectivity index (χ1v) is 14.6. The van der Waals surface area contributed by atoms with Crippen molar-refractivity contribution < 1.29 is 36.6 Å². The second-order valence-electron chi connectivity index (χ2n) is 10.2. The van der Waals surface area contributed by atoms with Gasteiger partial charge in [-0.25, -0.2) is 9.78 Å². The van der Waals surface area contributed by atoms with Crippen LogP contribution < -0.4 is 15.4 Å². The van der Waals surface area contributed by atoms with Gasteiger partial charge in [-0.15, -0.1) is 0 Å². The number of nitrogens with two attached hydrogens (primary N) is 1. The number of nitriles is 1. The summed E-state index contributed by atoms with van der Waals surface area (Å²) in [5.74, 6) is -1.08. The van der Waals surface area contributed by atoms with Gasteiger partial charge in [-0.3, -0.25) is 4.31 Å². The number of nitrogens with zero attached hydrogens (tertiary/aromatic N) is 4. The maximum absolute atomic E-state index is 12.9. The SMILES string of the molecule is CC(Cc1ccc2c(c1)cc(C(=O)O)n2Cc1ccc(N(C)S(=O)(=O)C(F)(F)F)cc1)NCC(O)c1cnc(N)c(C#N)c1. The van der Waals surface area contributed by atoms with Gasteiger partial charge in [0.05, 0.1) is 17.4 Å². The Kier molecular flexibility index (Phi) is 9.19. The fraction of sp³-hybridized carbons (Fsp3) is 0.276. The second-order valence-corrected chi connectivity index (χ2v) is 12.2. The quantitative estimate of drug-likeness (QED) is 0.192. The van der Waals surface area contributed by atoms with E-state index in [0.717, 1.165) is 12.6 Å². The van der Waals surface area contributed by atoms with Crippen molar-refractivity contribution in [1.29, 1.82) is 5.26 Å². The normalized spacial score (nSPS) is 13.4. The number of rotatable bonds is 11. The number of nitrogens with one attached hydrogen (secondary N) is 1. The molecule has 0 fully saturated rings. The van der Waals surface area contributed by atoms with Crippen LogP contribution in [-0.4, -0.2) is 59.3 Å². The van der Waals surface area contributed by atoms with Crippen molar-refractivity contribution in [2.24, 2.45) is 0 Å². The van der Waals surface area contributed by atoms with Gasteiger partial charge in [-0.2, -0.15) is 26.9 Å². The van der Waals surface area contributed by atoms with Crippen molar-refractivity contribution in [3.05, 3.63) is 88.7 Å². The maximum atomic E-state index is 12.9. The number of aliphatic hydroxyl groups excluding tert-OH is 1. The summed E-state index contributed by atoms with van der Waals surface area (Å²) in [5, 5.41) is 33.4. The maximum Gasteiger partial charge on any atom is 0.516 e. The summed E-state index contributed by atoms with van der Waals surface area (Å²) < 4.78 is 63.9. The van der Waals surface area contributed by atoms with Gasteiger partial charge in [0.15, 0.2) is 0 Å². The number of aromatic nitrogens is 2. The standard InChI is InChI=1S/C29H29F3N6O5S/c1-17(35-15-26(39)22-11-21(13-33)27(34)36-14-22)9-19-5-8-24-20(10-19)12-25(28(40)41)38(24)16-18-3-6-23(7-4-18)37(2)44(42,43)29(30,31)32/h3-8,10-12,14,17,26,35,39H,9,15-16H2,1-2H3,(H2,34,36)(H,40,41). The Bertz CT molecular complexity index is 1840. The van der Waals surface area contributed by atoms with Crippen LogP contribution in [0, 0.1) is 11.3 Å². The molecule has 2 aromatic carbocycles. The average molecular weight is 631 g/mol. The number of carboxylic acids is 1. The molecule has 0 aliphatic rings. The molecule has 0 spiro atoms. The first-order chi connectivity index (χ1) is 20.6. The minimum Gasteiger partial charge on any atom is -0.477 e. The molecule has 232 valence electrons. The lowest BCUT2D eigenvalue weighted by Crippen LogP contribution is -2.38. The summed E-state index contributed by atoms with van der Waals surface area (Å²) in [6.07, 6.45) is 1.04. The Balaban J connectivity index is 1.47. The average Bonchev–Trinajstić information content (AvgIpc) is 3.33. The van der Waals surface area contributed by atoms with E-state index >= 15 is 0 Å². The third kappa shape index (κ3) is 6.77. The highest BCUT2D eigenvalue weighted by Crippen LogP contribution is 2.30. The molecule has 0 saturated heterocycles. The molecule has 0 bridgehead atoms. The van der Waals surface area contributed by atoms with Crippen LogP contribution in [0.5, 0.6) is 0 Å². The molecule has 0 radical (unpaired) electrons. The van der Waals surface area contributed by atoms with Gasteiger partial charge in [0.25, 0.3) is 0 Å². The number of hydrogen-bond donors (Lipinski definition) is 4. The lowest BCUT2D eigenvalue weighted by molar-refractivity contribution is -0.0437. The zero-order chi connectivity index (χ0) is 32.4. The van der Waals surface area contributed by atoms with Crippen LogP contribution in [-0.2, 0) is 23.0 Å². The highest BCUT2D eigenvalue weighted by Gasteiger charge is 2.49. The molecular weight excluding hydrogens is 601 g/mol. The molecule has 0 aliphatic heterocycles. The Morgan fingerprint density at radius 3 is 2.43 bits per heavy atom. The van der Waals surface area contributed by atoms with E-state index in [0.29, 0.717) is 28.5 Å². The first kappa shape index (κ1) is 32.3. The minimum atomic E-state index is -5.56. The summed E-state index contributed by atoms with van der Waals surface area (Å²) in [6.45, 7) is 2.19. The summed E-state index contributed by atoms with van der Waals surface area (Å²) in [5.41, 5.74) is 2.69. The summed E-state index contributed by atoms with van der Waals surface area (Å²) in [4.78, 5) is 16.0. The fourth-order valence-electron chi connectivity index (χ4n) is 4.70. The number of alkyl halides is 3. The zero-order valence-electron chi connectivity index (χ0n) is 23.6. The topological polar surface area (TPSA) is 175 Å². The number of pyridine rings is 1. The van der Waals surface area contributed by atoms with Crippen molar-refractivity contribution in [3.63, 3.8) is 0 Å². The molecule has 0 saturated carbocycles. The van der Waals surface area contributed by atoms with Crippen LogP contribution in [0.15, 0.2) is 60.8 Å². The van der Waals surface area contributed by atoms with E-state index in [2.05, 4.69) is 10.3 Å². The van der Waals surface area contributed by atoms with Crippen LogP contribution >= 0.6 is 0 Å². The van der Waals surface area contributed by atoms with E-state index < -0.39 is 27.6 Å². The number of carboxylic acid groups (broad SMARTS) is 1. The molecule has 0 aliphatic carbocycles. The Hall–Kier alpha value is -4.65. The predicted molar refractivity (Wildman–Crippen MR) is 157 cm³/mol. The molecule has 2 aromatic heterocycles. The van der Waals surface area contributed by atoms with Crippen LogP contribution in [0.1, 0.15) is 45.8 Å². The van der Waals surface area contributed by atoms with E-state index in [1.807, 2.05) is 25.1 Å². The van der Waals surface area contributed by atoms with Gasteiger partial charge in [0, 0.05) is 48.8 Å². The molecule has 11 nitrogen and oxygen atoms in total. The molecule has 15 heteroatoms. The molecule has 5 N–H and O–H groups in total. The fourth-order valence-corrected chi connectivity index (χ4v) is 5.41. The second kappa shape index (κ2) is 12.5. The highest BCUT2D eigenvalue weighted by atomic mass is 32.2. The lowest BCUT2D eigenvalue weighted by atomic mass is 10.0. The summed E-state index contributed by atoms with van der Waals surface area (Å²) >= 11 is 0. The molecule has 4 aromatic rings.